The molecule has 0 aliphatic carbocycles. The van der Waals surface area contributed by atoms with E-state index >= 15 is 0 Å². The van der Waals surface area contributed by atoms with Gasteiger partial charge in [0.2, 0.25) is 17.4 Å². The Kier molecular flexibility index (Phi) is 5.24. The van der Waals surface area contributed by atoms with Crippen molar-refractivity contribution in [1.82, 2.24) is 4.90 Å². The Morgan fingerprint density at radius 2 is 1.89 bits per heavy atom. The molecular weight excluding hydrogens is 348 g/mol. The van der Waals surface area contributed by atoms with Gasteiger partial charge in [0.1, 0.15) is 23.6 Å². The second-order valence-corrected chi connectivity index (χ2v) is 7.39. The number of imide groups is 1. The molecule has 2 saturated heterocycles. The molecule has 0 radical (unpaired) electrons. The first kappa shape index (κ1) is 19.4. The molecule has 1 aromatic rings. The molecule has 7 heteroatoms. The standard InChI is InChI=1S/C20H26N2O5/c1-4-6-11-20(19(26)27-5-2)15-14(17(24)22(3)18(15)25)16(21-20)12-7-9-13(23)10-8-12/h7-10,14-16,21,23H,4-6,11H2,1-3H3/p+1/t14-,15+,16-,20+/m0/s1. The van der Waals surface area contributed by atoms with Gasteiger partial charge in [-0.1, -0.05) is 13.3 Å². The van der Waals surface area contributed by atoms with Gasteiger partial charge < -0.3 is 15.2 Å². The van der Waals surface area contributed by atoms with Crippen LogP contribution in [0.1, 0.15) is 44.7 Å². The maximum Gasteiger partial charge on any atom is 0.368 e. The van der Waals surface area contributed by atoms with Crippen molar-refractivity contribution in [2.45, 2.75) is 44.7 Å². The summed E-state index contributed by atoms with van der Waals surface area (Å²) in [6.07, 6.45) is 2.10. The van der Waals surface area contributed by atoms with Gasteiger partial charge in [-0.05, 0) is 37.6 Å². The zero-order valence-electron chi connectivity index (χ0n) is 16.0. The lowest BCUT2D eigenvalue weighted by molar-refractivity contribution is -0.735. The van der Waals surface area contributed by atoms with E-state index in [9.17, 15) is 19.5 Å². The summed E-state index contributed by atoms with van der Waals surface area (Å²) < 4.78 is 5.36. The molecule has 2 aliphatic rings. The first-order valence-corrected chi connectivity index (χ1v) is 9.51. The zero-order valence-corrected chi connectivity index (χ0v) is 16.0. The third-order valence-corrected chi connectivity index (χ3v) is 5.87. The van der Waals surface area contributed by atoms with Crippen molar-refractivity contribution >= 4 is 17.8 Å². The molecule has 0 unspecified atom stereocenters. The molecule has 2 heterocycles. The molecule has 3 rings (SSSR count). The van der Waals surface area contributed by atoms with E-state index in [1.54, 1.807) is 31.2 Å². The molecule has 2 fully saturated rings. The number of phenols is 1. The van der Waals surface area contributed by atoms with Gasteiger partial charge in [-0.2, -0.15) is 0 Å². The van der Waals surface area contributed by atoms with Crippen LogP contribution in [0.2, 0.25) is 0 Å². The third-order valence-electron chi connectivity index (χ3n) is 5.87. The quantitative estimate of drug-likeness (QED) is 0.564. The van der Waals surface area contributed by atoms with E-state index in [-0.39, 0.29) is 30.2 Å². The smallest absolute Gasteiger partial charge is 0.368 e. The molecule has 2 amide bonds. The Morgan fingerprint density at radius 3 is 2.48 bits per heavy atom. The number of likely N-dealkylation sites (tertiary alicyclic amines) is 1. The maximum absolute atomic E-state index is 13.0. The molecule has 0 bridgehead atoms. The summed E-state index contributed by atoms with van der Waals surface area (Å²) in [5.41, 5.74) is -0.293. The van der Waals surface area contributed by atoms with Crippen molar-refractivity contribution in [3.8, 4) is 5.75 Å². The lowest BCUT2D eigenvalue weighted by Crippen LogP contribution is -2.98. The molecule has 1 aromatic carbocycles. The second kappa shape index (κ2) is 7.31. The number of hydrogen-bond acceptors (Lipinski definition) is 5. The zero-order chi connectivity index (χ0) is 19.8. The topological polar surface area (TPSA) is 101 Å². The van der Waals surface area contributed by atoms with Crippen LogP contribution in [-0.2, 0) is 19.1 Å². The summed E-state index contributed by atoms with van der Waals surface area (Å²) in [5.74, 6) is -2.23. The van der Waals surface area contributed by atoms with Gasteiger partial charge >= 0.3 is 5.97 Å². The lowest BCUT2D eigenvalue weighted by Gasteiger charge is -2.29. The summed E-state index contributed by atoms with van der Waals surface area (Å²) in [4.78, 5) is 40.0. The molecule has 27 heavy (non-hydrogen) atoms. The lowest BCUT2D eigenvalue weighted by atomic mass is 9.76. The molecule has 2 aliphatic heterocycles. The highest BCUT2D eigenvalue weighted by Gasteiger charge is 2.71. The van der Waals surface area contributed by atoms with Crippen molar-refractivity contribution in [2.75, 3.05) is 13.7 Å². The summed E-state index contributed by atoms with van der Waals surface area (Å²) in [6, 6.07) is 6.22. The number of quaternary nitrogens is 1. The number of phenolic OH excluding ortho intramolecular Hbond substituents is 1. The maximum atomic E-state index is 13.0. The van der Waals surface area contributed by atoms with Crippen LogP contribution in [0.5, 0.6) is 5.75 Å². The summed E-state index contributed by atoms with van der Waals surface area (Å²) >= 11 is 0. The average molecular weight is 375 g/mol. The Labute approximate surface area is 158 Å². The van der Waals surface area contributed by atoms with E-state index in [0.717, 1.165) is 23.3 Å². The minimum Gasteiger partial charge on any atom is -0.508 e. The van der Waals surface area contributed by atoms with Crippen LogP contribution >= 0.6 is 0 Å². The average Bonchev–Trinajstić information content (AvgIpc) is 3.11. The second-order valence-electron chi connectivity index (χ2n) is 7.39. The van der Waals surface area contributed by atoms with E-state index < -0.39 is 23.3 Å². The van der Waals surface area contributed by atoms with Crippen LogP contribution in [0.3, 0.4) is 0 Å². The highest BCUT2D eigenvalue weighted by Crippen LogP contribution is 2.46. The van der Waals surface area contributed by atoms with Gasteiger partial charge in [0.25, 0.3) is 0 Å². The predicted molar refractivity (Wildman–Crippen MR) is 96.4 cm³/mol. The summed E-state index contributed by atoms with van der Waals surface area (Å²) in [6.45, 7) is 3.99. The largest absolute Gasteiger partial charge is 0.508 e. The van der Waals surface area contributed by atoms with Gasteiger partial charge in [0.15, 0.2) is 0 Å². The monoisotopic (exact) mass is 375 g/mol. The fourth-order valence-electron chi connectivity index (χ4n) is 4.54. The van der Waals surface area contributed by atoms with E-state index in [1.165, 1.54) is 7.05 Å². The summed E-state index contributed by atoms with van der Waals surface area (Å²) in [5, 5.41) is 11.5. The Balaban J connectivity index is 2.10. The molecule has 3 N–H and O–H groups in total. The number of fused-ring (bicyclic) bond motifs is 1. The number of esters is 1. The van der Waals surface area contributed by atoms with Crippen LogP contribution in [0.15, 0.2) is 24.3 Å². The highest BCUT2D eigenvalue weighted by atomic mass is 16.5. The molecule has 0 saturated carbocycles. The number of unbranched alkanes of at least 4 members (excludes halogenated alkanes) is 1. The van der Waals surface area contributed by atoms with E-state index in [1.807, 2.05) is 12.2 Å². The van der Waals surface area contributed by atoms with Crippen LogP contribution in [0, 0.1) is 11.8 Å². The van der Waals surface area contributed by atoms with Gasteiger partial charge in [-0.15, -0.1) is 0 Å². The summed E-state index contributed by atoms with van der Waals surface area (Å²) in [7, 11) is 1.48. The number of carbonyl (C=O) groups excluding carboxylic acids is 3. The van der Waals surface area contributed by atoms with Crippen LogP contribution < -0.4 is 5.32 Å². The number of benzene rings is 1. The Bertz CT molecular complexity index is 747. The molecule has 146 valence electrons. The molecule has 4 atom stereocenters. The number of amides is 2. The van der Waals surface area contributed by atoms with Crippen molar-refractivity contribution in [1.29, 1.82) is 0 Å². The minimum absolute atomic E-state index is 0.127. The van der Waals surface area contributed by atoms with Crippen molar-refractivity contribution in [3.05, 3.63) is 29.8 Å². The van der Waals surface area contributed by atoms with Gasteiger partial charge in [0.05, 0.1) is 6.61 Å². The normalized spacial score (nSPS) is 29.9. The fourth-order valence-corrected chi connectivity index (χ4v) is 4.54. The van der Waals surface area contributed by atoms with Crippen molar-refractivity contribution in [2.24, 2.45) is 11.8 Å². The van der Waals surface area contributed by atoms with Crippen LogP contribution in [0.4, 0.5) is 0 Å². The molecular formula is C20H27N2O5+. The van der Waals surface area contributed by atoms with Gasteiger partial charge in [-0.3, -0.25) is 14.5 Å². The molecule has 0 aromatic heterocycles. The van der Waals surface area contributed by atoms with Crippen LogP contribution in [0.25, 0.3) is 0 Å². The molecule has 0 spiro atoms. The highest BCUT2D eigenvalue weighted by molar-refractivity contribution is 6.08. The SMILES string of the molecule is CCCC[C@@]1(C(=O)OCC)[NH2+][C@@H](c2ccc(O)cc2)[C@H]2C(=O)N(C)C(=O)[C@@H]21. The minimum atomic E-state index is -1.10. The number of nitrogens with two attached hydrogens (primary N) is 1. The van der Waals surface area contributed by atoms with E-state index in [4.69, 9.17) is 4.74 Å². The Hall–Kier alpha value is -2.41. The first-order valence-electron chi connectivity index (χ1n) is 9.51. The number of nitrogens with zero attached hydrogens (tertiary/aromatic N) is 1. The Morgan fingerprint density at radius 1 is 1.22 bits per heavy atom. The van der Waals surface area contributed by atoms with E-state index in [2.05, 4.69) is 0 Å². The predicted octanol–water partition coefficient (Wildman–Crippen LogP) is 0.733. The van der Waals surface area contributed by atoms with E-state index in [0.29, 0.717) is 6.42 Å². The number of aromatic hydroxyl groups is 1. The fraction of sp³-hybridized carbons (Fsp3) is 0.550. The number of hydrogen-bond donors (Lipinski definition) is 2. The number of rotatable bonds is 6. The van der Waals surface area contributed by atoms with Gasteiger partial charge in [-0.25, -0.2) is 4.79 Å². The van der Waals surface area contributed by atoms with Crippen molar-refractivity contribution in [3.63, 3.8) is 0 Å². The third kappa shape index (κ3) is 3.00. The molecule has 7 nitrogen and oxygen atoms in total. The van der Waals surface area contributed by atoms with Gasteiger partial charge in [0, 0.05) is 19.0 Å². The number of carbonyl (C=O) groups is 3. The van der Waals surface area contributed by atoms with Crippen LogP contribution in [-0.4, -0.2) is 47.0 Å². The number of ether oxygens (including phenoxy) is 1. The van der Waals surface area contributed by atoms with Crippen molar-refractivity contribution < 1.29 is 29.5 Å². The first-order chi connectivity index (χ1) is 12.9.